The molecule has 0 saturated carbocycles. The summed E-state index contributed by atoms with van der Waals surface area (Å²) in [7, 11) is 0. The molecule has 2 unspecified atom stereocenters. The average molecular weight is 268 g/mol. The van der Waals surface area contributed by atoms with Gasteiger partial charge in [-0.15, -0.1) is 0 Å². The minimum absolute atomic E-state index is 0.469. The van der Waals surface area contributed by atoms with Crippen molar-refractivity contribution in [1.29, 1.82) is 0 Å². The summed E-state index contributed by atoms with van der Waals surface area (Å²) in [6, 6.07) is 0.655. The minimum atomic E-state index is 0.469. The molecule has 2 rings (SSSR count). The van der Waals surface area contributed by atoms with Gasteiger partial charge in [0, 0.05) is 25.7 Å². The summed E-state index contributed by atoms with van der Waals surface area (Å²) >= 11 is 0. The van der Waals surface area contributed by atoms with Crippen molar-refractivity contribution in [2.45, 2.75) is 65.0 Å². The molecular weight excluding hydrogens is 236 g/mol. The van der Waals surface area contributed by atoms with Crippen LogP contribution in [0.25, 0.3) is 0 Å². The first-order valence-corrected chi connectivity index (χ1v) is 8.19. The van der Waals surface area contributed by atoms with E-state index in [1.54, 1.807) is 0 Å². The molecule has 2 atom stereocenters. The molecule has 2 aliphatic heterocycles. The van der Waals surface area contributed by atoms with Crippen LogP contribution in [0.4, 0.5) is 0 Å². The third-order valence-electron chi connectivity index (χ3n) is 5.32. The summed E-state index contributed by atoms with van der Waals surface area (Å²) in [6.07, 6.45) is 6.99. The van der Waals surface area contributed by atoms with Gasteiger partial charge in [-0.3, -0.25) is 4.90 Å². The van der Waals surface area contributed by atoms with Gasteiger partial charge < -0.3 is 10.1 Å². The molecule has 2 aliphatic rings. The van der Waals surface area contributed by atoms with Crippen molar-refractivity contribution >= 4 is 0 Å². The van der Waals surface area contributed by atoms with Crippen molar-refractivity contribution in [1.82, 2.24) is 10.2 Å². The van der Waals surface area contributed by atoms with Gasteiger partial charge in [0.2, 0.25) is 0 Å². The van der Waals surface area contributed by atoms with Gasteiger partial charge in [0.05, 0.1) is 6.10 Å². The van der Waals surface area contributed by atoms with Gasteiger partial charge in [0.25, 0.3) is 0 Å². The smallest absolute Gasteiger partial charge is 0.0700 e. The lowest BCUT2D eigenvalue weighted by molar-refractivity contribution is 0.0806. The maximum absolute atomic E-state index is 5.65. The van der Waals surface area contributed by atoms with Gasteiger partial charge in [0.1, 0.15) is 0 Å². The third kappa shape index (κ3) is 4.44. The molecule has 0 amide bonds. The monoisotopic (exact) mass is 268 g/mol. The maximum Gasteiger partial charge on any atom is 0.0700 e. The first kappa shape index (κ1) is 15.3. The second kappa shape index (κ2) is 7.05. The molecule has 112 valence electrons. The molecule has 3 heteroatoms. The molecule has 19 heavy (non-hydrogen) atoms. The Balaban J connectivity index is 1.62. The van der Waals surface area contributed by atoms with Crippen LogP contribution in [0.3, 0.4) is 0 Å². The van der Waals surface area contributed by atoms with E-state index in [1.165, 1.54) is 45.2 Å². The summed E-state index contributed by atoms with van der Waals surface area (Å²) < 4.78 is 5.65. The molecule has 3 nitrogen and oxygen atoms in total. The fourth-order valence-electron chi connectivity index (χ4n) is 3.25. The summed E-state index contributed by atoms with van der Waals surface area (Å²) in [5, 5.41) is 3.59. The number of hydrogen-bond acceptors (Lipinski definition) is 3. The molecule has 0 radical (unpaired) electrons. The van der Waals surface area contributed by atoms with Crippen LogP contribution >= 0.6 is 0 Å². The fourth-order valence-corrected chi connectivity index (χ4v) is 3.25. The van der Waals surface area contributed by atoms with Crippen LogP contribution in [-0.4, -0.2) is 49.8 Å². The van der Waals surface area contributed by atoms with E-state index in [0.717, 1.165) is 19.7 Å². The Kier molecular flexibility index (Phi) is 5.67. The van der Waals surface area contributed by atoms with E-state index in [9.17, 15) is 0 Å². The molecular formula is C16H32N2O. The molecule has 2 saturated heterocycles. The Labute approximate surface area is 119 Å². The quantitative estimate of drug-likeness (QED) is 0.801. The van der Waals surface area contributed by atoms with Gasteiger partial charge in [0.15, 0.2) is 0 Å². The highest BCUT2D eigenvalue weighted by molar-refractivity contribution is 4.84. The first-order chi connectivity index (χ1) is 9.13. The maximum atomic E-state index is 5.65. The summed E-state index contributed by atoms with van der Waals surface area (Å²) in [5.74, 6) is 0. The number of piperidine rings is 1. The molecule has 0 aliphatic carbocycles. The zero-order valence-electron chi connectivity index (χ0n) is 13.1. The van der Waals surface area contributed by atoms with E-state index in [4.69, 9.17) is 4.74 Å². The SMILES string of the molecule is CCC1(C)CCN(C(C)CNCC2CCCO2)CC1. The van der Waals surface area contributed by atoms with Crippen LogP contribution in [-0.2, 0) is 4.74 Å². The lowest BCUT2D eigenvalue weighted by Crippen LogP contribution is -2.47. The predicted molar refractivity (Wildman–Crippen MR) is 80.5 cm³/mol. The van der Waals surface area contributed by atoms with E-state index in [0.29, 0.717) is 17.6 Å². The van der Waals surface area contributed by atoms with Gasteiger partial charge >= 0.3 is 0 Å². The Morgan fingerprint density at radius 2 is 2.11 bits per heavy atom. The van der Waals surface area contributed by atoms with Crippen LogP contribution in [0, 0.1) is 5.41 Å². The fraction of sp³-hybridized carbons (Fsp3) is 1.00. The highest BCUT2D eigenvalue weighted by Gasteiger charge is 2.29. The van der Waals surface area contributed by atoms with Crippen molar-refractivity contribution in [2.24, 2.45) is 5.41 Å². The molecule has 0 aromatic carbocycles. The summed E-state index contributed by atoms with van der Waals surface area (Å²) in [6.45, 7) is 12.8. The number of nitrogens with one attached hydrogen (secondary N) is 1. The van der Waals surface area contributed by atoms with Gasteiger partial charge in [-0.25, -0.2) is 0 Å². The molecule has 0 aromatic rings. The summed E-state index contributed by atoms with van der Waals surface area (Å²) in [4.78, 5) is 2.65. The molecule has 0 aromatic heterocycles. The molecule has 2 heterocycles. The highest BCUT2D eigenvalue weighted by Crippen LogP contribution is 2.34. The van der Waals surface area contributed by atoms with E-state index in [1.807, 2.05) is 0 Å². The van der Waals surface area contributed by atoms with Gasteiger partial charge in [-0.1, -0.05) is 20.3 Å². The lowest BCUT2D eigenvalue weighted by atomic mass is 9.78. The van der Waals surface area contributed by atoms with Crippen molar-refractivity contribution in [2.75, 3.05) is 32.8 Å². The number of hydrogen-bond donors (Lipinski definition) is 1. The van der Waals surface area contributed by atoms with Crippen molar-refractivity contribution in [3.63, 3.8) is 0 Å². The third-order valence-corrected chi connectivity index (χ3v) is 5.32. The van der Waals surface area contributed by atoms with E-state index >= 15 is 0 Å². The van der Waals surface area contributed by atoms with E-state index in [2.05, 4.69) is 31.0 Å². The molecule has 2 fully saturated rings. The molecule has 1 N–H and O–H groups in total. The van der Waals surface area contributed by atoms with Crippen LogP contribution in [0.2, 0.25) is 0 Å². The molecule has 0 bridgehead atoms. The summed E-state index contributed by atoms with van der Waals surface area (Å²) in [5.41, 5.74) is 0.599. The Morgan fingerprint density at radius 3 is 2.68 bits per heavy atom. The standard InChI is InChI=1S/C16H32N2O/c1-4-16(3)7-9-18(10-8-16)14(2)12-17-13-15-6-5-11-19-15/h14-15,17H,4-13H2,1-3H3. The Hall–Kier alpha value is -0.120. The van der Waals surface area contributed by atoms with Crippen LogP contribution in [0.5, 0.6) is 0 Å². The average Bonchev–Trinajstić information content (AvgIpc) is 2.92. The second-order valence-corrected chi connectivity index (χ2v) is 6.84. The molecule has 0 spiro atoms. The zero-order valence-corrected chi connectivity index (χ0v) is 13.1. The van der Waals surface area contributed by atoms with Crippen molar-refractivity contribution in [3.05, 3.63) is 0 Å². The van der Waals surface area contributed by atoms with E-state index in [-0.39, 0.29) is 0 Å². The topological polar surface area (TPSA) is 24.5 Å². The largest absolute Gasteiger partial charge is 0.377 e. The zero-order chi connectivity index (χ0) is 13.7. The lowest BCUT2D eigenvalue weighted by Gasteiger charge is -2.41. The number of nitrogens with zero attached hydrogens (tertiary/aromatic N) is 1. The highest BCUT2D eigenvalue weighted by atomic mass is 16.5. The van der Waals surface area contributed by atoms with Crippen molar-refractivity contribution < 1.29 is 4.74 Å². The van der Waals surface area contributed by atoms with E-state index < -0.39 is 0 Å². The number of ether oxygens (including phenoxy) is 1. The predicted octanol–water partition coefficient (Wildman–Crippen LogP) is 2.66. The van der Waals surface area contributed by atoms with Gasteiger partial charge in [-0.2, -0.15) is 0 Å². The Bertz CT molecular complexity index is 255. The van der Waals surface area contributed by atoms with Crippen LogP contribution in [0.1, 0.15) is 52.9 Å². The van der Waals surface area contributed by atoms with Crippen LogP contribution < -0.4 is 5.32 Å². The first-order valence-electron chi connectivity index (χ1n) is 8.19. The second-order valence-electron chi connectivity index (χ2n) is 6.84. The van der Waals surface area contributed by atoms with Crippen LogP contribution in [0.15, 0.2) is 0 Å². The normalized spacial score (nSPS) is 29.5. The van der Waals surface area contributed by atoms with Gasteiger partial charge in [-0.05, 0) is 51.1 Å². The Morgan fingerprint density at radius 1 is 1.37 bits per heavy atom. The minimum Gasteiger partial charge on any atom is -0.377 e. The number of likely N-dealkylation sites (tertiary alicyclic amines) is 1. The van der Waals surface area contributed by atoms with Crippen molar-refractivity contribution in [3.8, 4) is 0 Å². The number of rotatable bonds is 6.